The molecule has 3 N–H and O–H groups in total. The second-order valence-corrected chi connectivity index (χ2v) is 17.0. The number of amides is 3. The maximum Gasteiger partial charge on any atom is 0.414 e. The minimum Gasteiger partial charge on any atom is -0.444 e. The highest BCUT2D eigenvalue weighted by atomic mass is 35.5. The molecule has 2 aliphatic heterocycles. The fourth-order valence-electron chi connectivity index (χ4n) is 4.17. The molecule has 1 saturated heterocycles. The molecule has 0 spiro atoms. The van der Waals surface area contributed by atoms with E-state index in [-0.39, 0.29) is 44.9 Å². The molecule has 5 heterocycles. The standard InChI is InChI=1S/C12H16Cl2N2O3.C12H14Cl2N2O2.C10H12Cl2N2O2.C2H4O/c1-12(2,3)19-11(18)15-8-6-9(13)16-10(14)7(8)4-5-17;1-12(2,3)18-11(17)16-5-4-7-8(16)6-9(13)15-10(7)14;1-10(2,3)16-9(15)13-6-4-7(11)14-8(12)5-6;1-2-3-1/h6,17H,4-5H2,1-3H3,(H,15,16,18);6H,4-5H2,1-3H3;4-5H,1-3H3,(H,13,14,15);1-2H2. The van der Waals surface area contributed by atoms with Crippen molar-refractivity contribution in [3.8, 4) is 0 Å². The molecule has 0 saturated carbocycles. The normalized spacial score (nSPS) is 13.0. The Bertz CT molecular complexity index is 1810. The molecule has 14 nitrogen and oxygen atoms in total. The number of aliphatic hydroxyl groups excluding tert-OH is 1. The van der Waals surface area contributed by atoms with Crippen molar-refractivity contribution < 1.29 is 38.4 Å². The molecule has 3 aromatic rings. The lowest BCUT2D eigenvalue weighted by atomic mass is 10.2. The van der Waals surface area contributed by atoms with Gasteiger partial charge in [0, 0.05) is 30.7 Å². The number of nitrogens with zero attached hydrogens (tertiary/aromatic N) is 4. The minimum atomic E-state index is -0.620. The van der Waals surface area contributed by atoms with Crippen LogP contribution < -0.4 is 15.5 Å². The first-order valence-electron chi connectivity index (χ1n) is 17.0. The van der Waals surface area contributed by atoms with Gasteiger partial charge >= 0.3 is 18.3 Å². The van der Waals surface area contributed by atoms with Crippen molar-refractivity contribution in [1.82, 2.24) is 15.0 Å². The van der Waals surface area contributed by atoms with Gasteiger partial charge in [-0.25, -0.2) is 29.3 Å². The molecule has 0 aromatic carbocycles. The van der Waals surface area contributed by atoms with Crippen molar-refractivity contribution in [2.45, 2.75) is 92.0 Å². The van der Waals surface area contributed by atoms with Crippen LogP contribution >= 0.6 is 69.6 Å². The highest BCUT2D eigenvalue weighted by Crippen LogP contribution is 2.35. The second kappa shape index (κ2) is 21.6. The molecule has 0 radical (unpaired) electrons. The summed E-state index contributed by atoms with van der Waals surface area (Å²) in [6.45, 7) is 18.5. The van der Waals surface area contributed by atoms with E-state index in [2.05, 4.69) is 30.3 Å². The second-order valence-electron chi connectivity index (χ2n) is 14.7. The topological polar surface area (TPSA) is 178 Å². The summed E-state index contributed by atoms with van der Waals surface area (Å²) in [6.07, 6.45) is -0.651. The molecule has 310 valence electrons. The van der Waals surface area contributed by atoms with Crippen molar-refractivity contribution >= 4 is 105 Å². The third-order valence-electron chi connectivity index (χ3n) is 6.16. The van der Waals surface area contributed by atoms with Gasteiger partial charge in [0.05, 0.1) is 30.3 Å². The molecule has 0 bridgehead atoms. The Kier molecular flexibility index (Phi) is 18.9. The lowest BCUT2D eigenvalue weighted by Gasteiger charge is -2.24. The van der Waals surface area contributed by atoms with E-state index in [0.29, 0.717) is 40.7 Å². The van der Waals surface area contributed by atoms with Gasteiger partial charge in [-0.05, 0) is 93.0 Å². The number of ether oxygens (including phenoxy) is 4. The van der Waals surface area contributed by atoms with Crippen LogP contribution in [0.5, 0.6) is 0 Å². The van der Waals surface area contributed by atoms with E-state index < -0.39 is 29.0 Å². The number of hydrogen-bond donors (Lipinski definition) is 3. The Hall–Kier alpha value is -3.08. The Morgan fingerprint density at radius 3 is 1.66 bits per heavy atom. The van der Waals surface area contributed by atoms with Crippen LogP contribution in [0.1, 0.15) is 73.4 Å². The fourth-order valence-corrected chi connectivity index (χ4v) is 5.66. The van der Waals surface area contributed by atoms with E-state index in [1.165, 1.54) is 18.2 Å². The van der Waals surface area contributed by atoms with Crippen LogP contribution in [-0.4, -0.2) is 81.5 Å². The average Bonchev–Trinajstić information content (AvgIpc) is 3.82. The number of carbonyl (C=O) groups is 3. The predicted octanol–water partition coefficient (Wildman–Crippen LogP) is 10.7. The minimum absolute atomic E-state index is 0.119. The molecule has 1 fully saturated rings. The van der Waals surface area contributed by atoms with E-state index >= 15 is 0 Å². The number of hydrogen-bond acceptors (Lipinski definition) is 11. The highest BCUT2D eigenvalue weighted by molar-refractivity contribution is 6.34. The first kappa shape index (κ1) is 49.1. The Labute approximate surface area is 356 Å². The van der Waals surface area contributed by atoms with Crippen LogP contribution in [0.3, 0.4) is 0 Å². The zero-order chi connectivity index (χ0) is 42.6. The molecule has 0 atom stereocenters. The maximum absolute atomic E-state index is 12.0. The molecular formula is C36H46Cl6N6O8. The van der Waals surface area contributed by atoms with E-state index in [1.807, 2.05) is 20.8 Å². The third-order valence-corrected chi connectivity index (χ3v) is 7.56. The van der Waals surface area contributed by atoms with Gasteiger partial charge in [-0.3, -0.25) is 15.5 Å². The van der Waals surface area contributed by atoms with Crippen molar-refractivity contribution in [1.29, 1.82) is 0 Å². The molecule has 0 aliphatic carbocycles. The van der Waals surface area contributed by atoms with Gasteiger partial charge in [-0.2, -0.15) is 0 Å². The van der Waals surface area contributed by atoms with E-state index in [1.54, 1.807) is 52.5 Å². The zero-order valence-corrected chi connectivity index (χ0v) is 36.9. The molecule has 20 heteroatoms. The van der Waals surface area contributed by atoms with Crippen LogP contribution in [0.2, 0.25) is 30.9 Å². The SMILES string of the molecule is C1CO1.CC(C)(C)OC(=O)N1CCc2c1cc(Cl)nc2Cl.CC(C)(C)OC(=O)Nc1cc(Cl)nc(Cl)c1.CC(C)(C)OC(=O)Nc1cc(Cl)nc(Cl)c1CCO. The molecule has 3 amide bonds. The quantitative estimate of drug-likeness (QED) is 0.129. The van der Waals surface area contributed by atoms with Gasteiger partial charge in [0.15, 0.2) is 0 Å². The van der Waals surface area contributed by atoms with Gasteiger partial charge in [-0.15, -0.1) is 0 Å². The van der Waals surface area contributed by atoms with Crippen LogP contribution in [-0.2, 0) is 31.8 Å². The van der Waals surface area contributed by atoms with Crippen molar-refractivity contribution in [3.63, 3.8) is 0 Å². The van der Waals surface area contributed by atoms with Gasteiger partial charge in [0.25, 0.3) is 0 Å². The lowest BCUT2D eigenvalue weighted by Crippen LogP contribution is -2.35. The summed E-state index contributed by atoms with van der Waals surface area (Å²) in [5.74, 6) is 0. The Morgan fingerprint density at radius 1 is 0.714 bits per heavy atom. The van der Waals surface area contributed by atoms with Crippen LogP contribution in [0.15, 0.2) is 24.3 Å². The van der Waals surface area contributed by atoms with Crippen molar-refractivity contribution in [3.05, 3.63) is 66.3 Å². The van der Waals surface area contributed by atoms with E-state index in [0.717, 1.165) is 18.8 Å². The fraction of sp³-hybridized carbons (Fsp3) is 0.500. The third kappa shape index (κ3) is 19.4. The maximum atomic E-state index is 12.0. The van der Waals surface area contributed by atoms with Crippen LogP contribution in [0.25, 0.3) is 0 Å². The van der Waals surface area contributed by atoms with Crippen molar-refractivity contribution in [2.75, 3.05) is 41.9 Å². The van der Waals surface area contributed by atoms with Crippen molar-refractivity contribution in [2.24, 2.45) is 0 Å². The number of nitrogens with one attached hydrogen (secondary N) is 2. The van der Waals surface area contributed by atoms with E-state index in [4.69, 9.17) is 88.9 Å². The molecule has 5 rings (SSSR count). The summed E-state index contributed by atoms with van der Waals surface area (Å²) in [6, 6.07) is 6.07. The molecule has 56 heavy (non-hydrogen) atoms. The number of carbonyl (C=O) groups excluding carboxylic acids is 3. The van der Waals surface area contributed by atoms with Gasteiger partial charge in [0.1, 0.15) is 47.7 Å². The molecule has 3 aromatic heterocycles. The molecule has 2 aliphatic rings. The summed E-state index contributed by atoms with van der Waals surface area (Å²) in [5, 5.41) is 15.4. The monoisotopic (exact) mass is 900 g/mol. The van der Waals surface area contributed by atoms with Gasteiger partial charge in [0.2, 0.25) is 0 Å². The first-order valence-corrected chi connectivity index (χ1v) is 19.3. The Balaban J connectivity index is 0.000000279. The number of aromatic nitrogens is 3. The number of pyridine rings is 3. The Morgan fingerprint density at radius 2 is 1.18 bits per heavy atom. The molecular weight excluding hydrogens is 857 g/mol. The highest BCUT2D eigenvalue weighted by Gasteiger charge is 2.31. The first-order chi connectivity index (χ1) is 25.8. The lowest BCUT2D eigenvalue weighted by molar-refractivity contribution is 0.0580. The zero-order valence-electron chi connectivity index (χ0n) is 32.4. The number of epoxide rings is 1. The van der Waals surface area contributed by atoms with Gasteiger partial charge < -0.3 is 24.1 Å². The summed E-state index contributed by atoms with van der Waals surface area (Å²) in [7, 11) is 0. The van der Waals surface area contributed by atoms with Crippen LogP contribution in [0, 0.1) is 0 Å². The number of anilines is 3. The average molecular weight is 904 g/mol. The van der Waals surface area contributed by atoms with E-state index in [9.17, 15) is 14.4 Å². The predicted molar refractivity (Wildman–Crippen MR) is 221 cm³/mol. The summed E-state index contributed by atoms with van der Waals surface area (Å²) >= 11 is 34.9. The number of rotatable bonds is 4. The number of fused-ring (bicyclic) bond motifs is 1. The smallest absolute Gasteiger partial charge is 0.414 e. The van der Waals surface area contributed by atoms with Gasteiger partial charge in [-0.1, -0.05) is 69.6 Å². The largest absolute Gasteiger partial charge is 0.444 e. The molecule has 0 unspecified atom stereocenters. The summed E-state index contributed by atoms with van der Waals surface area (Å²) in [5.41, 5.74) is 1.18. The van der Waals surface area contributed by atoms with Crippen LogP contribution in [0.4, 0.5) is 31.4 Å². The number of aliphatic hydroxyl groups is 1. The number of halogens is 6. The summed E-state index contributed by atoms with van der Waals surface area (Å²) in [4.78, 5) is 48.3. The summed E-state index contributed by atoms with van der Waals surface area (Å²) < 4.78 is 20.0.